The van der Waals surface area contributed by atoms with E-state index in [1.807, 2.05) is 36.4 Å². The van der Waals surface area contributed by atoms with Crippen LogP contribution in [-0.2, 0) is 35.3 Å². The highest BCUT2D eigenvalue weighted by molar-refractivity contribution is 7.17. The molecule has 1 aromatic heterocycles. The average molecular weight is 724 g/mol. The van der Waals surface area contributed by atoms with E-state index < -0.39 is 0 Å². The largest absolute Gasteiger partial charge is 0.465 e. The molecule has 0 atom stereocenters. The van der Waals surface area contributed by atoms with Crippen molar-refractivity contribution in [2.24, 2.45) is 0 Å². The van der Waals surface area contributed by atoms with Crippen molar-refractivity contribution in [3.63, 3.8) is 0 Å². The van der Waals surface area contributed by atoms with Crippen LogP contribution in [0.25, 0.3) is 0 Å². The summed E-state index contributed by atoms with van der Waals surface area (Å²) in [6.07, 6.45) is 3.35. The van der Waals surface area contributed by atoms with Gasteiger partial charge < -0.3 is 30.3 Å². The van der Waals surface area contributed by atoms with Gasteiger partial charge in [-0.05, 0) is 91.4 Å². The number of anilines is 2. The molecule has 3 heterocycles. The first-order valence-corrected chi connectivity index (χ1v) is 18.5. The molecule has 12 heteroatoms. The van der Waals surface area contributed by atoms with Crippen molar-refractivity contribution < 1.29 is 28.7 Å². The average Bonchev–Trinajstić information content (AvgIpc) is 3.55. The number of carbonyl (C=O) groups excluding carboxylic acids is 4. The number of aryl methyl sites for hydroxylation is 2. The second kappa shape index (κ2) is 17.6. The van der Waals surface area contributed by atoms with E-state index in [0.717, 1.165) is 67.0 Å². The molecule has 6 rings (SSSR count). The Balaban J connectivity index is 1.07. The van der Waals surface area contributed by atoms with Crippen molar-refractivity contribution in [1.82, 2.24) is 15.1 Å². The number of benzene rings is 3. The number of methoxy groups -OCH3 is 1. The zero-order valence-electron chi connectivity index (χ0n) is 29.7. The van der Waals surface area contributed by atoms with Crippen LogP contribution in [0.5, 0.6) is 0 Å². The minimum Gasteiger partial charge on any atom is -0.465 e. The Morgan fingerprint density at radius 3 is 2.29 bits per heavy atom. The predicted molar refractivity (Wildman–Crippen MR) is 203 cm³/mol. The van der Waals surface area contributed by atoms with E-state index in [9.17, 15) is 19.2 Å². The molecule has 0 unspecified atom stereocenters. The highest BCUT2D eigenvalue weighted by Crippen LogP contribution is 2.36. The second-order valence-corrected chi connectivity index (χ2v) is 14.1. The molecule has 272 valence electrons. The normalized spacial score (nSPS) is 14.3. The lowest BCUT2D eigenvalue weighted by Crippen LogP contribution is -2.41. The van der Waals surface area contributed by atoms with E-state index in [-0.39, 0.29) is 23.7 Å². The number of ether oxygens (including phenoxy) is 2. The van der Waals surface area contributed by atoms with Crippen LogP contribution in [-0.4, -0.2) is 93.6 Å². The first-order valence-electron chi connectivity index (χ1n) is 17.7. The van der Waals surface area contributed by atoms with E-state index >= 15 is 0 Å². The minimum absolute atomic E-state index is 0.154. The quantitative estimate of drug-likeness (QED) is 0.159. The van der Waals surface area contributed by atoms with Gasteiger partial charge in [-0.15, -0.1) is 11.3 Å². The molecule has 2 aliphatic heterocycles. The van der Waals surface area contributed by atoms with Gasteiger partial charge in [0.15, 0.2) is 0 Å². The third-order valence-electron chi connectivity index (χ3n) is 9.47. The van der Waals surface area contributed by atoms with Gasteiger partial charge in [0.05, 0.1) is 31.5 Å². The van der Waals surface area contributed by atoms with Gasteiger partial charge in [-0.25, -0.2) is 4.79 Å². The number of nitrogens with zero attached hydrogens (tertiary/aromatic N) is 2. The van der Waals surface area contributed by atoms with Gasteiger partial charge in [-0.2, -0.15) is 0 Å². The fourth-order valence-electron chi connectivity index (χ4n) is 6.44. The lowest BCUT2D eigenvalue weighted by Gasteiger charge is -2.28. The van der Waals surface area contributed by atoms with E-state index in [1.54, 1.807) is 48.3 Å². The van der Waals surface area contributed by atoms with E-state index in [1.165, 1.54) is 18.4 Å². The monoisotopic (exact) mass is 723 g/mol. The smallest absolute Gasteiger partial charge is 0.337 e. The number of hydrogen-bond donors (Lipinski definition) is 3. The number of nitrogens with one attached hydrogen (secondary N) is 3. The predicted octanol–water partition coefficient (Wildman–Crippen LogP) is 5.26. The van der Waals surface area contributed by atoms with Gasteiger partial charge in [0, 0.05) is 61.5 Å². The fourth-order valence-corrected chi connectivity index (χ4v) is 7.65. The van der Waals surface area contributed by atoms with Crippen molar-refractivity contribution in [3.05, 3.63) is 117 Å². The van der Waals surface area contributed by atoms with Crippen molar-refractivity contribution in [3.8, 4) is 0 Å². The van der Waals surface area contributed by atoms with Crippen LogP contribution in [0.15, 0.2) is 72.8 Å². The van der Waals surface area contributed by atoms with Crippen LogP contribution >= 0.6 is 11.3 Å². The summed E-state index contributed by atoms with van der Waals surface area (Å²) in [5, 5.41) is 9.89. The van der Waals surface area contributed by atoms with Crippen LogP contribution in [0, 0.1) is 0 Å². The molecule has 0 spiro atoms. The molecule has 52 heavy (non-hydrogen) atoms. The third-order valence-corrected chi connectivity index (χ3v) is 10.6. The number of carbonyl (C=O) groups is 4. The summed E-state index contributed by atoms with van der Waals surface area (Å²) < 4.78 is 10.2. The molecular formula is C40H45N5O6S. The lowest BCUT2D eigenvalue weighted by molar-refractivity contribution is 0.0338. The Morgan fingerprint density at radius 1 is 0.885 bits per heavy atom. The fraction of sp³-hybridized carbons (Fsp3) is 0.350. The van der Waals surface area contributed by atoms with Crippen molar-refractivity contribution in [1.29, 1.82) is 0 Å². The highest BCUT2D eigenvalue weighted by Gasteiger charge is 2.27. The molecule has 1 saturated heterocycles. The van der Waals surface area contributed by atoms with E-state index in [0.29, 0.717) is 65.7 Å². The minimum atomic E-state index is -0.380. The van der Waals surface area contributed by atoms with Crippen LogP contribution in [0.3, 0.4) is 0 Å². The van der Waals surface area contributed by atoms with Gasteiger partial charge >= 0.3 is 5.97 Å². The Bertz CT molecular complexity index is 1890. The van der Waals surface area contributed by atoms with Gasteiger partial charge in [-0.1, -0.05) is 30.3 Å². The Hall–Kier alpha value is -4.88. The zero-order chi connectivity index (χ0) is 36.5. The maximum atomic E-state index is 13.8. The summed E-state index contributed by atoms with van der Waals surface area (Å²) in [5.41, 5.74) is 5.71. The standard InChI is InChI=1S/C40H45N5O6S/c1-44(19-20-45-21-23-51-24-22-45)39(48)31-8-4-7-30(25-31)36(46)43-38-35(33-17-18-41-26-34(33)52-38)37(47)42-32-15-11-28(12-16-32)6-3-5-27-9-13-29(14-10-27)40(49)50-2/h4,7-16,25,41H,3,5-6,17-24,26H2,1-2H3,(H,42,47)(H,43,46). The number of morpholine rings is 1. The first-order chi connectivity index (χ1) is 25.3. The summed E-state index contributed by atoms with van der Waals surface area (Å²) in [5.74, 6) is -1.15. The summed E-state index contributed by atoms with van der Waals surface area (Å²) in [7, 11) is 3.15. The highest BCUT2D eigenvalue weighted by atomic mass is 32.1. The number of likely N-dealkylation sites (N-methyl/N-ethyl adjacent to an activating group) is 1. The van der Waals surface area contributed by atoms with Gasteiger partial charge in [0.1, 0.15) is 5.00 Å². The SMILES string of the molecule is COC(=O)c1ccc(CCCc2ccc(NC(=O)c3c(NC(=O)c4cccc(C(=O)N(C)CCN5CCOCC5)c4)sc4c3CCNC4)cc2)cc1. The van der Waals surface area contributed by atoms with Gasteiger partial charge in [0.2, 0.25) is 0 Å². The van der Waals surface area contributed by atoms with E-state index in [2.05, 4.69) is 20.9 Å². The summed E-state index contributed by atoms with van der Waals surface area (Å²) in [6.45, 7) is 5.81. The summed E-state index contributed by atoms with van der Waals surface area (Å²) in [4.78, 5) is 57.3. The van der Waals surface area contributed by atoms with Crippen LogP contribution in [0.1, 0.15) is 69.4 Å². The number of thiophene rings is 1. The number of amides is 3. The molecule has 3 amide bonds. The second-order valence-electron chi connectivity index (χ2n) is 13.0. The van der Waals surface area contributed by atoms with Gasteiger partial charge in [-0.3, -0.25) is 19.3 Å². The molecule has 0 bridgehead atoms. The maximum absolute atomic E-state index is 13.8. The number of esters is 1. The van der Waals surface area contributed by atoms with Gasteiger partial charge in [0.25, 0.3) is 17.7 Å². The van der Waals surface area contributed by atoms with E-state index in [4.69, 9.17) is 9.47 Å². The van der Waals surface area contributed by atoms with Crippen LogP contribution < -0.4 is 16.0 Å². The molecular weight excluding hydrogens is 679 g/mol. The van der Waals surface area contributed by atoms with Crippen LogP contribution in [0.4, 0.5) is 10.7 Å². The van der Waals surface area contributed by atoms with Crippen molar-refractivity contribution in [2.75, 3.05) is 70.7 Å². The lowest BCUT2D eigenvalue weighted by atomic mass is 10.0. The zero-order valence-corrected chi connectivity index (χ0v) is 30.5. The third kappa shape index (κ3) is 9.31. The first kappa shape index (κ1) is 36.9. The molecule has 3 N–H and O–H groups in total. The molecule has 11 nitrogen and oxygen atoms in total. The molecule has 4 aromatic rings. The molecule has 0 radical (unpaired) electrons. The molecule has 1 fully saturated rings. The summed E-state index contributed by atoms with van der Waals surface area (Å²) in [6, 6.07) is 22.0. The maximum Gasteiger partial charge on any atom is 0.337 e. The Labute approximate surface area is 308 Å². The van der Waals surface area contributed by atoms with Crippen molar-refractivity contribution >= 4 is 45.7 Å². The Morgan fingerprint density at radius 2 is 1.58 bits per heavy atom. The molecule has 2 aliphatic rings. The topological polar surface area (TPSA) is 129 Å². The van der Waals surface area contributed by atoms with Crippen LogP contribution in [0.2, 0.25) is 0 Å². The number of rotatable bonds is 13. The molecule has 0 saturated carbocycles. The number of fused-ring (bicyclic) bond motifs is 1. The summed E-state index contributed by atoms with van der Waals surface area (Å²) >= 11 is 1.41. The number of hydrogen-bond acceptors (Lipinski definition) is 9. The van der Waals surface area contributed by atoms with Crippen molar-refractivity contribution in [2.45, 2.75) is 32.2 Å². The Kier molecular flexibility index (Phi) is 12.5. The molecule has 3 aromatic carbocycles. The molecule has 0 aliphatic carbocycles.